The van der Waals surface area contributed by atoms with Gasteiger partial charge in [-0.3, -0.25) is 0 Å². The van der Waals surface area contributed by atoms with E-state index in [1.54, 1.807) is 6.07 Å². The third kappa shape index (κ3) is 5.16. The third-order valence-corrected chi connectivity index (χ3v) is 3.75. The molecular formula is C20H24N2O2. The van der Waals surface area contributed by atoms with Crippen molar-refractivity contribution in [3.63, 3.8) is 0 Å². The Morgan fingerprint density at radius 3 is 2.83 bits per heavy atom. The molecule has 1 heterocycles. The zero-order valence-corrected chi connectivity index (χ0v) is 14.0. The lowest BCUT2D eigenvalue weighted by molar-refractivity contribution is 0.320. The molecule has 24 heavy (non-hydrogen) atoms. The number of furan rings is 1. The molecule has 2 aromatic rings. The highest BCUT2D eigenvalue weighted by molar-refractivity contribution is 5.75. The Labute approximate surface area is 143 Å². The quantitative estimate of drug-likeness (QED) is 0.234. The first-order valence-electron chi connectivity index (χ1n) is 8.13. The first-order chi connectivity index (χ1) is 11.7. The van der Waals surface area contributed by atoms with Crippen molar-refractivity contribution in [1.82, 2.24) is 5.32 Å². The predicted octanol–water partition coefficient (Wildman–Crippen LogP) is 4.54. The van der Waals surface area contributed by atoms with Gasteiger partial charge in [0, 0.05) is 24.2 Å². The molecular weight excluding hydrogens is 300 g/mol. The molecule has 0 aliphatic heterocycles. The number of oxime groups is 1. The normalized spacial score (nSPS) is 11.8. The number of hydrogen-bond acceptors (Lipinski definition) is 4. The van der Waals surface area contributed by atoms with Crippen LogP contribution in [-0.4, -0.2) is 18.0 Å². The number of aryl methyl sites for hydroxylation is 2. The summed E-state index contributed by atoms with van der Waals surface area (Å²) in [7, 11) is 0. The SMILES string of the molecule is C=C/C=C(/NCCCCc1ccc(/C=N/O)o1)c1ccccc1C. The number of nitrogens with zero attached hydrogens (tertiary/aromatic N) is 1. The zero-order valence-electron chi connectivity index (χ0n) is 14.0. The second kappa shape index (κ2) is 9.40. The molecule has 1 aromatic carbocycles. The molecule has 0 saturated heterocycles. The largest absolute Gasteiger partial charge is 0.460 e. The maximum absolute atomic E-state index is 8.47. The van der Waals surface area contributed by atoms with Crippen LogP contribution >= 0.6 is 0 Å². The van der Waals surface area contributed by atoms with Gasteiger partial charge in [0.05, 0.1) is 0 Å². The number of benzene rings is 1. The minimum Gasteiger partial charge on any atom is -0.460 e. The van der Waals surface area contributed by atoms with Gasteiger partial charge in [0.25, 0.3) is 0 Å². The van der Waals surface area contributed by atoms with Crippen LogP contribution in [-0.2, 0) is 6.42 Å². The molecule has 0 aliphatic carbocycles. The molecule has 0 aliphatic rings. The fraction of sp³-hybridized carbons (Fsp3) is 0.250. The van der Waals surface area contributed by atoms with Gasteiger partial charge in [-0.1, -0.05) is 42.1 Å². The van der Waals surface area contributed by atoms with Crippen LogP contribution < -0.4 is 5.32 Å². The fourth-order valence-electron chi connectivity index (χ4n) is 2.54. The number of unbranched alkanes of at least 4 members (excludes halogenated alkanes) is 1. The summed E-state index contributed by atoms with van der Waals surface area (Å²) < 4.78 is 5.52. The Morgan fingerprint density at radius 2 is 2.08 bits per heavy atom. The average Bonchev–Trinajstić information content (AvgIpc) is 3.02. The highest BCUT2D eigenvalue weighted by atomic mass is 16.4. The van der Waals surface area contributed by atoms with E-state index in [-0.39, 0.29) is 0 Å². The Balaban J connectivity index is 1.80. The molecule has 2 N–H and O–H groups in total. The summed E-state index contributed by atoms with van der Waals surface area (Å²) in [6.07, 6.45) is 8.03. The van der Waals surface area contributed by atoms with Gasteiger partial charge in [-0.25, -0.2) is 0 Å². The Hall–Kier alpha value is -2.75. The van der Waals surface area contributed by atoms with E-state index in [2.05, 4.69) is 36.1 Å². The maximum Gasteiger partial charge on any atom is 0.148 e. The van der Waals surface area contributed by atoms with E-state index in [9.17, 15) is 0 Å². The number of hydrogen-bond donors (Lipinski definition) is 2. The van der Waals surface area contributed by atoms with E-state index >= 15 is 0 Å². The molecule has 0 bridgehead atoms. The summed E-state index contributed by atoms with van der Waals surface area (Å²) in [5, 5.41) is 14.9. The lowest BCUT2D eigenvalue weighted by atomic mass is 10.1. The van der Waals surface area contributed by atoms with Gasteiger partial charge in [-0.15, -0.1) is 0 Å². The van der Waals surface area contributed by atoms with Gasteiger partial charge in [-0.05, 0) is 43.5 Å². The van der Waals surface area contributed by atoms with Crippen molar-refractivity contribution in [2.45, 2.75) is 26.2 Å². The summed E-state index contributed by atoms with van der Waals surface area (Å²) in [5.74, 6) is 1.48. The summed E-state index contributed by atoms with van der Waals surface area (Å²) >= 11 is 0. The van der Waals surface area contributed by atoms with Crippen LogP contribution in [0.5, 0.6) is 0 Å². The number of allylic oxidation sites excluding steroid dienone is 2. The summed E-state index contributed by atoms with van der Waals surface area (Å²) in [4.78, 5) is 0. The molecule has 0 fully saturated rings. The van der Waals surface area contributed by atoms with Crippen molar-refractivity contribution < 1.29 is 9.62 Å². The Bertz CT molecular complexity index is 714. The minimum absolute atomic E-state index is 0.571. The van der Waals surface area contributed by atoms with Crippen molar-refractivity contribution >= 4 is 11.9 Å². The number of nitrogens with one attached hydrogen (secondary N) is 1. The van der Waals surface area contributed by atoms with Gasteiger partial charge in [0.1, 0.15) is 17.7 Å². The van der Waals surface area contributed by atoms with E-state index in [1.807, 2.05) is 30.4 Å². The van der Waals surface area contributed by atoms with Crippen LogP contribution in [0.3, 0.4) is 0 Å². The third-order valence-electron chi connectivity index (χ3n) is 3.75. The molecule has 0 amide bonds. The van der Waals surface area contributed by atoms with Crippen LogP contribution in [0.4, 0.5) is 0 Å². The Kier molecular flexibility index (Phi) is 6.90. The van der Waals surface area contributed by atoms with Crippen molar-refractivity contribution in [2.75, 3.05) is 6.54 Å². The molecule has 2 rings (SSSR count). The van der Waals surface area contributed by atoms with Gasteiger partial charge in [0.15, 0.2) is 0 Å². The maximum atomic E-state index is 8.47. The molecule has 0 saturated carbocycles. The fourth-order valence-corrected chi connectivity index (χ4v) is 2.54. The smallest absolute Gasteiger partial charge is 0.148 e. The molecule has 1 aromatic heterocycles. The van der Waals surface area contributed by atoms with E-state index in [0.717, 1.165) is 37.3 Å². The van der Waals surface area contributed by atoms with Gasteiger partial charge in [-0.2, -0.15) is 0 Å². The summed E-state index contributed by atoms with van der Waals surface area (Å²) in [6, 6.07) is 12.0. The van der Waals surface area contributed by atoms with E-state index in [4.69, 9.17) is 9.62 Å². The van der Waals surface area contributed by atoms with Crippen molar-refractivity contribution in [3.8, 4) is 0 Å². The molecule has 0 unspecified atom stereocenters. The first-order valence-corrected chi connectivity index (χ1v) is 8.13. The zero-order chi connectivity index (χ0) is 17.2. The Morgan fingerprint density at radius 1 is 1.25 bits per heavy atom. The minimum atomic E-state index is 0.571. The summed E-state index contributed by atoms with van der Waals surface area (Å²) in [6.45, 7) is 6.80. The van der Waals surface area contributed by atoms with Gasteiger partial charge >= 0.3 is 0 Å². The predicted molar refractivity (Wildman–Crippen MR) is 98.4 cm³/mol. The van der Waals surface area contributed by atoms with Crippen molar-refractivity contribution in [1.29, 1.82) is 0 Å². The number of rotatable bonds is 9. The summed E-state index contributed by atoms with van der Waals surface area (Å²) in [5.41, 5.74) is 3.55. The lowest BCUT2D eigenvalue weighted by Gasteiger charge is -2.13. The van der Waals surface area contributed by atoms with Gasteiger partial charge < -0.3 is 14.9 Å². The van der Waals surface area contributed by atoms with Crippen molar-refractivity contribution in [2.24, 2.45) is 5.16 Å². The topological polar surface area (TPSA) is 57.8 Å². The monoisotopic (exact) mass is 324 g/mol. The van der Waals surface area contributed by atoms with E-state index in [1.165, 1.54) is 17.3 Å². The van der Waals surface area contributed by atoms with Crippen molar-refractivity contribution in [3.05, 3.63) is 77.8 Å². The second-order valence-corrected chi connectivity index (χ2v) is 5.56. The second-order valence-electron chi connectivity index (χ2n) is 5.56. The lowest BCUT2D eigenvalue weighted by Crippen LogP contribution is -2.14. The van der Waals surface area contributed by atoms with E-state index < -0.39 is 0 Å². The molecule has 0 atom stereocenters. The molecule has 126 valence electrons. The van der Waals surface area contributed by atoms with Crippen LogP contribution in [0.25, 0.3) is 5.70 Å². The van der Waals surface area contributed by atoms with Crippen LogP contribution in [0.2, 0.25) is 0 Å². The molecule has 4 heteroatoms. The molecule has 4 nitrogen and oxygen atoms in total. The van der Waals surface area contributed by atoms with Crippen LogP contribution in [0.1, 0.15) is 35.5 Å². The highest BCUT2D eigenvalue weighted by Crippen LogP contribution is 2.16. The van der Waals surface area contributed by atoms with Crippen LogP contribution in [0.15, 0.2) is 64.7 Å². The average molecular weight is 324 g/mol. The highest BCUT2D eigenvalue weighted by Gasteiger charge is 2.04. The molecule has 0 spiro atoms. The first kappa shape index (κ1) is 17.6. The molecule has 0 radical (unpaired) electrons. The van der Waals surface area contributed by atoms with Crippen LogP contribution in [0, 0.1) is 6.92 Å². The van der Waals surface area contributed by atoms with Gasteiger partial charge in [0.2, 0.25) is 0 Å². The van der Waals surface area contributed by atoms with E-state index in [0.29, 0.717) is 5.76 Å². The standard InChI is InChI=1S/C20H24N2O2/c1-3-8-20(19-11-5-4-9-16(19)2)21-14-7-6-10-17-12-13-18(24-17)15-22-23/h3-5,8-9,11-13,15,21,23H,1,6-7,10,14H2,2H3/b20-8+,22-15+.